The Kier molecular flexibility index (Phi) is 6.18. The fraction of sp³-hybridized carbons (Fsp3) is 0.417. The third kappa shape index (κ3) is 5.30. The smallest absolute Gasteiger partial charge is 0.335 e. The number of rotatable bonds is 7. The molecule has 0 bridgehead atoms. The summed E-state index contributed by atoms with van der Waals surface area (Å²) < 4.78 is 11.3. The molecule has 0 heterocycles. The van der Waals surface area contributed by atoms with Crippen LogP contribution in [0.2, 0.25) is 0 Å². The first-order valence-electron chi connectivity index (χ1n) is 5.30. The lowest BCUT2D eigenvalue weighted by Gasteiger charge is -2.12. The van der Waals surface area contributed by atoms with Crippen LogP contribution in [0.25, 0.3) is 0 Å². The second kappa shape index (κ2) is 7.42. The highest BCUT2D eigenvalue weighted by atomic mass is 79.9. The van der Waals surface area contributed by atoms with E-state index in [1.165, 1.54) is 0 Å². The van der Waals surface area contributed by atoms with Crippen LogP contribution in [0.5, 0.6) is 0 Å². The van der Waals surface area contributed by atoms with Gasteiger partial charge in [0.25, 0.3) is 0 Å². The van der Waals surface area contributed by atoms with E-state index in [9.17, 15) is 4.79 Å². The SMILES string of the molecule is CCOC(COCc1ccc(Br)cc1)C(=O)O. The second-order valence-corrected chi connectivity index (χ2v) is 4.34. The molecule has 1 aromatic rings. The van der Waals surface area contributed by atoms with Gasteiger partial charge in [0, 0.05) is 11.1 Å². The van der Waals surface area contributed by atoms with E-state index in [2.05, 4.69) is 15.9 Å². The summed E-state index contributed by atoms with van der Waals surface area (Å²) >= 11 is 3.34. The van der Waals surface area contributed by atoms with Gasteiger partial charge < -0.3 is 14.6 Å². The monoisotopic (exact) mass is 302 g/mol. The summed E-state index contributed by atoms with van der Waals surface area (Å²) in [6, 6.07) is 7.66. The number of hydrogen-bond acceptors (Lipinski definition) is 3. The van der Waals surface area contributed by atoms with Gasteiger partial charge in [-0.15, -0.1) is 0 Å². The number of hydrogen-bond donors (Lipinski definition) is 1. The average molecular weight is 303 g/mol. The standard InChI is InChI=1S/C12H15BrO4/c1-2-17-11(12(14)15)8-16-7-9-3-5-10(13)6-4-9/h3-6,11H,2,7-8H2,1H3,(H,14,15). The average Bonchev–Trinajstić information content (AvgIpc) is 2.30. The number of aliphatic carboxylic acids is 1. The zero-order chi connectivity index (χ0) is 12.7. The van der Waals surface area contributed by atoms with Crippen LogP contribution in [-0.4, -0.2) is 30.4 Å². The molecule has 1 unspecified atom stereocenters. The number of carboxylic acid groups (broad SMARTS) is 1. The minimum atomic E-state index is -0.998. The van der Waals surface area contributed by atoms with Gasteiger partial charge in [-0.1, -0.05) is 28.1 Å². The van der Waals surface area contributed by atoms with Crippen LogP contribution in [-0.2, 0) is 20.9 Å². The Hall–Kier alpha value is -0.910. The molecule has 0 aliphatic rings. The van der Waals surface area contributed by atoms with Gasteiger partial charge in [0.15, 0.2) is 6.10 Å². The van der Waals surface area contributed by atoms with E-state index < -0.39 is 12.1 Å². The van der Waals surface area contributed by atoms with Gasteiger partial charge in [-0.25, -0.2) is 4.79 Å². The van der Waals surface area contributed by atoms with E-state index in [-0.39, 0.29) is 6.61 Å². The van der Waals surface area contributed by atoms with E-state index >= 15 is 0 Å². The normalized spacial score (nSPS) is 12.4. The van der Waals surface area contributed by atoms with Crippen molar-refractivity contribution in [1.82, 2.24) is 0 Å². The van der Waals surface area contributed by atoms with Crippen LogP contribution in [0, 0.1) is 0 Å². The summed E-state index contributed by atoms with van der Waals surface area (Å²) in [4.78, 5) is 10.8. The van der Waals surface area contributed by atoms with Crippen molar-refractivity contribution < 1.29 is 19.4 Å². The third-order valence-electron chi connectivity index (χ3n) is 2.09. The molecule has 0 amide bonds. The highest BCUT2D eigenvalue weighted by molar-refractivity contribution is 9.10. The van der Waals surface area contributed by atoms with Crippen molar-refractivity contribution in [3.05, 3.63) is 34.3 Å². The largest absolute Gasteiger partial charge is 0.479 e. The molecular formula is C12H15BrO4. The summed E-state index contributed by atoms with van der Waals surface area (Å²) in [6.07, 6.45) is -0.893. The third-order valence-corrected chi connectivity index (χ3v) is 2.62. The lowest BCUT2D eigenvalue weighted by molar-refractivity contribution is -0.154. The van der Waals surface area contributed by atoms with E-state index in [4.69, 9.17) is 14.6 Å². The molecule has 1 rings (SSSR count). The van der Waals surface area contributed by atoms with Gasteiger partial charge in [0.2, 0.25) is 0 Å². The molecule has 0 saturated heterocycles. The van der Waals surface area contributed by atoms with Gasteiger partial charge in [-0.3, -0.25) is 0 Å². The Balaban J connectivity index is 2.35. The molecule has 17 heavy (non-hydrogen) atoms. The number of carboxylic acids is 1. The summed E-state index contributed by atoms with van der Waals surface area (Å²) in [7, 11) is 0. The van der Waals surface area contributed by atoms with Gasteiger partial charge in [-0.05, 0) is 24.6 Å². The predicted molar refractivity (Wildman–Crippen MR) is 66.8 cm³/mol. The van der Waals surface area contributed by atoms with Crippen molar-refractivity contribution in [3.8, 4) is 0 Å². The van der Waals surface area contributed by atoms with E-state index in [1.54, 1.807) is 6.92 Å². The maximum atomic E-state index is 10.8. The maximum Gasteiger partial charge on any atom is 0.335 e. The molecule has 1 N–H and O–H groups in total. The Morgan fingerprint density at radius 3 is 2.59 bits per heavy atom. The van der Waals surface area contributed by atoms with Crippen molar-refractivity contribution >= 4 is 21.9 Å². The lowest BCUT2D eigenvalue weighted by Crippen LogP contribution is -2.29. The first kappa shape index (κ1) is 14.2. The number of ether oxygens (including phenoxy) is 2. The first-order valence-corrected chi connectivity index (χ1v) is 6.09. The minimum absolute atomic E-state index is 0.0548. The molecule has 0 saturated carbocycles. The van der Waals surface area contributed by atoms with Crippen LogP contribution < -0.4 is 0 Å². The molecule has 1 aromatic carbocycles. The summed E-state index contributed by atoms with van der Waals surface area (Å²) in [5.74, 6) is -0.998. The van der Waals surface area contributed by atoms with Crippen molar-refractivity contribution in [1.29, 1.82) is 0 Å². The Morgan fingerprint density at radius 2 is 2.06 bits per heavy atom. The Morgan fingerprint density at radius 1 is 1.41 bits per heavy atom. The number of carbonyl (C=O) groups is 1. The molecule has 0 aliphatic carbocycles. The zero-order valence-corrected chi connectivity index (χ0v) is 11.1. The Labute approximate surface area is 109 Å². The molecule has 0 spiro atoms. The summed E-state index contributed by atoms with van der Waals surface area (Å²) in [6.45, 7) is 2.55. The first-order chi connectivity index (χ1) is 8.13. The fourth-order valence-corrected chi connectivity index (χ4v) is 1.52. The van der Waals surface area contributed by atoms with Crippen molar-refractivity contribution in [3.63, 3.8) is 0 Å². The van der Waals surface area contributed by atoms with Crippen molar-refractivity contribution in [2.75, 3.05) is 13.2 Å². The molecule has 1 atom stereocenters. The number of benzene rings is 1. The summed E-state index contributed by atoms with van der Waals surface area (Å²) in [5.41, 5.74) is 0.994. The molecule has 0 fully saturated rings. The maximum absolute atomic E-state index is 10.8. The van der Waals surface area contributed by atoms with Crippen LogP contribution in [0.4, 0.5) is 0 Å². The highest BCUT2D eigenvalue weighted by Gasteiger charge is 2.17. The molecule has 4 nitrogen and oxygen atoms in total. The highest BCUT2D eigenvalue weighted by Crippen LogP contribution is 2.11. The molecule has 0 aromatic heterocycles. The van der Waals surface area contributed by atoms with Crippen molar-refractivity contribution in [2.45, 2.75) is 19.6 Å². The van der Waals surface area contributed by atoms with E-state index in [0.717, 1.165) is 10.0 Å². The summed E-state index contributed by atoms with van der Waals surface area (Å²) in [5, 5.41) is 8.83. The van der Waals surface area contributed by atoms with Crippen LogP contribution >= 0.6 is 15.9 Å². The molecule has 0 aliphatic heterocycles. The predicted octanol–water partition coefficient (Wildman–Crippen LogP) is 2.46. The van der Waals surface area contributed by atoms with Crippen molar-refractivity contribution in [2.24, 2.45) is 0 Å². The molecular weight excluding hydrogens is 288 g/mol. The quantitative estimate of drug-likeness (QED) is 0.840. The fourth-order valence-electron chi connectivity index (χ4n) is 1.26. The molecule has 94 valence electrons. The Bertz CT molecular complexity index is 350. The lowest BCUT2D eigenvalue weighted by atomic mass is 10.2. The van der Waals surface area contributed by atoms with E-state index in [0.29, 0.717) is 13.2 Å². The van der Waals surface area contributed by atoms with Crippen LogP contribution in [0.1, 0.15) is 12.5 Å². The van der Waals surface area contributed by atoms with Gasteiger partial charge in [0.05, 0.1) is 13.2 Å². The van der Waals surface area contributed by atoms with Crippen LogP contribution in [0.15, 0.2) is 28.7 Å². The van der Waals surface area contributed by atoms with Gasteiger partial charge in [-0.2, -0.15) is 0 Å². The van der Waals surface area contributed by atoms with Crippen LogP contribution in [0.3, 0.4) is 0 Å². The molecule has 5 heteroatoms. The topological polar surface area (TPSA) is 55.8 Å². The minimum Gasteiger partial charge on any atom is -0.479 e. The zero-order valence-electron chi connectivity index (χ0n) is 9.56. The molecule has 0 radical (unpaired) electrons. The van der Waals surface area contributed by atoms with E-state index in [1.807, 2.05) is 24.3 Å². The second-order valence-electron chi connectivity index (χ2n) is 3.42. The van der Waals surface area contributed by atoms with Gasteiger partial charge >= 0.3 is 5.97 Å². The van der Waals surface area contributed by atoms with Gasteiger partial charge in [0.1, 0.15) is 0 Å². The number of halogens is 1.